The topological polar surface area (TPSA) is 118 Å². The van der Waals surface area contributed by atoms with E-state index in [9.17, 15) is 18.0 Å². The summed E-state index contributed by atoms with van der Waals surface area (Å²) in [6.07, 6.45) is 0.567. The molecule has 9 nitrogen and oxygen atoms in total. The molecule has 0 unspecified atom stereocenters. The largest absolute Gasteiger partial charge is 0.494 e. The van der Waals surface area contributed by atoms with Crippen LogP contribution in [0.4, 0.5) is 10.8 Å². The average molecular weight is 489 g/mol. The molecule has 0 bridgehead atoms. The molecule has 33 heavy (non-hydrogen) atoms. The smallest absolute Gasteiger partial charge is 0.240 e. The minimum absolute atomic E-state index is 0.0393. The number of fused-ring (bicyclic) bond motifs is 2. The van der Waals surface area contributed by atoms with E-state index in [-0.39, 0.29) is 29.7 Å². The first-order valence-corrected chi connectivity index (χ1v) is 12.8. The Hall–Kier alpha value is -3.02. The number of hydrogen-bond donors (Lipinski definition) is 2. The number of hydrogen-bond acceptors (Lipinski definition) is 7. The monoisotopic (exact) mass is 488 g/mol. The van der Waals surface area contributed by atoms with Crippen molar-refractivity contribution >= 4 is 54.2 Å². The molecule has 1 aliphatic rings. The van der Waals surface area contributed by atoms with Crippen LogP contribution in [0.1, 0.15) is 25.8 Å². The number of rotatable bonds is 8. The van der Waals surface area contributed by atoms with Gasteiger partial charge in [0.2, 0.25) is 21.8 Å². The zero-order valence-corrected chi connectivity index (χ0v) is 19.9. The zero-order valence-electron chi connectivity index (χ0n) is 18.3. The molecule has 174 valence electrons. The van der Waals surface area contributed by atoms with Crippen molar-refractivity contribution in [3.8, 4) is 5.75 Å². The van der Waals surface area contributed by atoms with Crippen molar-refractivity contribution in [2.75, 3.05) is 29.9 Å². The van der Waals surface area contributed by atoms with Crippen molar-refractivity contribution in [3.05, 3.63) is 42.0 Å². The van der Waals surface area contributed by atoms with Gasteiger partial charge in [-0.15, -0.1) is 0 Å². The third-order valence-corrected chi connectivity index (χ3v) is 7.59. The van der Waals surface area contributed by atoms with Gasteiger partial charge < -0.3 is 15.0 Å². The molecule has 4 rings (SSSR count). The highest BCUT2D eigenvalue weighted by atomic mass is 32.2. The van der Waals surface area contributed by atoms with E-state index >= 15 is 0 Å². The maximum absolute atomic E-state index is 12.6. The number of aromatic nitrogens is 1. The van der Waals surface area contributed by atoms with Crippen molar-refractivity contribution in [2.24, 2.45) is 0 Å². The van der Waals surface area contributed by atoms with Crippen LogP contribution in [-0.2, 0) is 26.0 Å². The number of benzene rings is 2. The Morgan fingerprint density at radius 1 is 1.21 bits per heavy atom. The highest BCUT2D eigenvalue weighted by molar-refractivity contribution is 7.89. The van der Waals surface area contributed by atoms with Crippen LogP contribution < -0.4 is 19.7 Å². The van der Waals surface area contributed by atoms with Crippen LogP contribution in [0.25, 0.3) is 10.2 Å². The summed E-state index contributed by atoms with van der Waals surface area (Å²) in [7, 11) is -3.78. The van der Waals surface area contributed by atoms with Gasteiger partial charge in [0.1, 0.15) is 5.75 Å². The van der Waals surface area contributed by atoms with E-state index in [4.69, 9.17) is 4.74 Å². The molecule has 0 radical (unpaired) electrons. The SMILES string of the molecule is CCOc1ccc2nc(NC(=O)CCNS(=O)(=O)c3ccc4c(c3)CCN4C(C)=O)sc2c1. The van der Waals surface area contributed by atoms with Gasteiger partial charge in [-0.2, -0.15) is 0 Å². The maximum Gasteiger partial charge on any atom is 0.240 e. The number of nitrogens with one attached hydrogen (secondary N) is 2. The molecule has 0 saturated carbocycles. The summed E-state index contributed by atoms with van der Waals surface area (Å²) in [6, 6.07) is 10.2. The lowest BCUT2D eigenvalue weighted by molar-refractivity contribution is -0.117. The highest BCUT2D eigenvalue weighted by Gasteiger charge is 2.24. The number of carbonyl (C=O) groups is 2. The van der Waals surface area contributed by atoms with Gasteiger partial charge in [-0.3, -0.25) is 9.59 Å². The lowest BCUT2D eigenvalue weighted by Crippen LogP contribution is -2.28. The number of nitrogens with zero attached hydrogens (tertiary/aromatic N) is 2. The maximum atomic E-state index is 12.6. The third-order valence-electron chi connectivity index (χ3n) is 5.20. The first-order chi connectivity index (χ1) is 15.8. The first kappa shape index (κ1) is 23.1. The van der Waals surface area contributed by atoms with E-state index in [0.717, 1.165) is 27.2 Å². The summed E-state index contributed by atoms with van der Waals surface area (Å²) in [5, 5.41) is 3.16. The van der Waals surface area contributed by atoms with Crippen molar-refractivity contribution in [2.45, 2.75) is 31.6 Å². The Bertz CT molecular complexity index is 1320. The summed E-state index contributed by atoms with van der Waals surface area (Å²) in [4.78, 5) is 30.1. The molecule has 2 N–H and O–H groups in total. The number of sulfonamides is 1. The zero-order chi connectivity index (χ0) is 23.6. The quantitative estimate of drug-likeness (QED) is 0.503. The normalized spacial score (nSPS) is 13.2. The first-order valence-electron chi connectivity index (χ1n) is 10.5. The van der Waals surface area contributed by atoms with Crippen molar-refractivity contribution < 1.29 is 22.7 Å². The van der Waals surface area contributed by atoms with Crippen LogP contribution in [0.2, 0.25) is 0 Å². The fraction of sp³-hybridized carbons (Fsp3) is 0.318. The minimum Gasteiger partial charge on any atom is -0.494 e. The van der Waals surface area contributed by atoms with Gasteiger partial charge in [0.25, 0.3) is 0 Å². The van der Waals surface area contributed by atoms with Crippen molar-refractivity contribution in [1.82, 2.24) is 9.71 Å². The fourth-order valence-corrected chi connectivity index (χ4v) is 5.64. The summed E-state index contributed by atoms with van der Waals surface area (Å²) in [5.74, 6) is 0.325. The summed E-state index contributed by atoms with van der Waals surface area (Å²) in [5.41, 5.74) is 2.30. The molecule has 0 aliphatic carbocycles. The molecule has 0 fully saturated rings. The number of ether oxygens (including phenoxy) is 1. The Labute approximate surface area is 195 Å². The molecular weight excluding hydrogens is 464 g/mol. The van der Waals surface area contributed by atoms with E-state index in [1.54, 1.807) is 17.0 Å². The minimum atomic E-state index is -3.78. The van der Waals surface area contributed by atoms with Gasteiger partial charge >= 0.3 is 0 Å². The lowest BCUT2D eigenvalue weighted by Gasteiger charge is -2.15. The summed E-state index contributed by atoms with van der Waals surface area (Å²) in [6.45, 7) is 4.44. The third kappa shape index (κ3) is 5.15. The van der Waals surface area contributed by atoms with Gasteiger partial charge in [-0.05, 0) is 55.3 Å². The molecule has 2 heterocycles. The van der Waals surface area contributed by atoms with Crippen molar-refractivity contribution in [3.63, 3.8) is 0 Å². The molecule has 1 aliphatic heterocycles. The average Bonchev–Trinajstić information content (AvgIpc) is 3.36. The predicted molar refractivity (Wildman–Crippen MR) is 127 cm³/mol. The van der Waals surface area contributed by atoms with Crippen molar-refractivity contribution in [1.29, 1.82) is 0 Å². The number of amides is 2. The molecule has 2 amide bonds. The van der Waals surface area contributed by atoms with E-state index in [1.807, 2.05) is 25.1 Å². The van der Waals surface area contributed by atoms with Gasteiger partial charge in [0.15, 0.2) is 5.13 Å². The molecule has 0 saturated heterocycles. The van der Waals surface area contributed by atoms with Gasteiger partial charge in [0.05, 0.1) is 21.7 Å². The molecule has 0 spiro atoms. The number of carbonyl (C=O) groups excluding carboxylic acids is 2. The fourth-order valence-electron chi connectivity index (χ4n) is 3.65. The van der Waals surface area contributed by atoms with Crippen LogP contribution >= 0.6 is 11.3 Å². The van der Waals surface area contributed by atoms with Gasteiger partial charge in [-0.1, -0.05) is 11.3 Å². The van der Waals surface area contributed by atoms with E-state index < -0.39 is 10.0 Å². The Morgan fingerprint density at radius 3 is 2.79 bits per heavy atom. The Balaban J connectivity index is 1.34. The Morgan fingerprint density at radius 2 is 2.03 bits per heavy atom. The van der Waals surface area contributed by atoms with Crippen LogP contribution in [0, 0.1) is 0 Å². The highest BCUT2D eigenvalue weighted by Crippen LogP contribution is 2.31. The molecule has 3 aromatic rings. The lowest BCUT2D eigenvalue weighted by atomic mass is 10.2. The second-order valence-corrected chi connectivity index (χ2v) is 10.3. The van der Waals surface area contributed by atoms with Gasteiger partial charge in [0, 0.05) is 32.1 Å². The van der Waals surface area contributed by atoms with E-state index in [0.29, 0.717) is 24.7 Å². The molecular formula is C22H24N4O5S2. The summed E-state index contributed by atoms with van der Waals surface area (Å²) >= 11 is 1.33. The van der Waals surface area contributed by atoms with Crippen LogP contribution in [0.15, 0.2) is 41.3 Å². The van der Waals surface area contributed by atoms with Crippen LogP contribution in [0.3, 0.4) is 0 Å². The molecule has 1 aromatic heterocycles. The van der Waals surface area contributed by atoms with Crippen LogP contribution in [-0.4, -0.2) is 44.9 Å². The molecule has 2 aromatic carbocycles. The van der Waals surface area contributed by atoms with Gasteiger partial charge in [-0.25, -0.2) is 18.1 Å². The number of thiazole rings is 1. The molecule has 11 heteroatoms. The van der Waals surface area contributed by atoms with E-state index in [1.165, 1.54) is 24.3 Å². The standard InChI is InChI=1S/C22H24N4O5S2/c1-3-31-16-4-6-18-20(13-16)32-22(24-18)25-21(28)8-10-23-33(29,30)17-5-7-19-15(12-17)9-11-26(19)14(2)27/h4-7,12-13,23H,3,8-11H2,1-2H3,(H,24,25,28). The number of anilines is 2. The second-order valence-electron chi connectivity index (χ2n) is 7.49. The van der Waals surface area contributed by atoms with E-state index in [2.05, 4.69) is 15.0 Å². The second kappa shape index (κ2) is 9.46. The van der Waals surface area contributed by atoms with Crippen LogP contribution in [0.5, 0.6) is 5.75 Å². The Kier molecular flexibility index (Phi) is 6.63. The summed E-state index contributed by atoms with van der Waals surface area (Å²) < 4.78 is 34.1. The predicted octanol–water partition coefficient (Wildman–Crippen LogP) is 2.91. The molecule has 0 atom stereocenters.